The molecular weight excluding hydrogens is 202 g/mol. The summed E-state index contributed by atoms with van der Waals surface area (Å²) in [6.45, 7) is 2.92. The van der Waals surface area contributed by atoms with Gasteiger partial charge in [-0.1, -0.05) is 13.3 Å². The van der Waals surface area contributed by atoms with E-state index in [0.29, 0.717) is 11.4 Å². The predicted molar refractivity (Wildman–Crippen MR) is 64.5 cm³/mol. The summed E-state index contributed by atoms with van der Waals surface area (Å²) in [7, 11) is 0. The van der Waals surface area contributed by atoms with Gasteiger partial charge in [-0.05, 0) is 25.7 Å². The van der Waals surface area contributed by atoms with Crippen molar-refractivity contribution in [3.05, 3.63) is 21.7 Å². The second kappa shape index (κ2) is 4.68. The Morgan fingerprint density at radius 3 is 3.00 bits per heavy atom. The van der Waals surface area contributed by atoms with E-state index in [0.717, 1.165) is 50.9 Å². The third kappa shape index (κ3) is 1.96. The summed E-state index contributed by atoms with van der Waals surface area (Å²) < 4.78 is 1.81. The van der Waals surface area contributed by atoms with Crippen LogP contribution in [0, 0.1) is 0 Å². The van der Waals surface area contributed by atoms with Crippen LogP contribution in [-0.2, 0) is 19.4 Å². The van der Waals surface area contributed by atoms with E-state index in [4.69, 9.17) is 5.73 Å². The van der Waals surface area contributed by atoms with E-state index in [-0.39, 0.29) is 5.56 Å². The number of nitrogen functional groups attached to an aromatic ring is 1. The van der Waals surface area contributed by atoms with Crippen molar-refractivity contribution in [2.45, 2.75) is 52.0 Å². The van der Waals surface area contributed by atoms with Gasteiger partial charge in [0.2, 0.25) is 0 Å². The SMILES string of the molecule is CCCCc1c(N)nc2n(c1=O)CCCC2. The van der Waals surface area contributed by atoms with Gasteiger partial charge < -0.3 is 5.73 Å². The summed E-state index contributed by atoms with van der Waals surface area (Å²) in [5.74, 6) is 1.32. The number of fused-ring (bicyclic) bond motifs is 1. The number of hydrogen-bond acceptors (Lipinski definition) is 3. The molecule has 1 aromatic rings. The first kappa shape index (κ1) is 11.2. The summed E-state index contributed by atoms with van der Waals surface area (Å²) in [6, 6.07) is 0. The molecule has 0 saturated carbocycles. The molecule has 0 radical (unpaired) electrons. The zero-order valence-electron chi connectivity index (χ0n) is 9.83. The van der Waals surface area contributed by atoms with E-state index in [1.165, 1.54) is 0 Å². The molecule has 0 aromatic carbocycles. The topological polar surface area (TPSA) is 60.9 Å². The van der Waals surface area contributed by atoms with Crippen molar-refractivity contribution in [3.8, 4) is 0 Å². The van der Waals surface area contributed by atoms with Crippen LogP contribution in [0.3, 0.4) is 0 Å². The lowest BCUT2D eigenvalue weighted by atomic mass is 10.1. The Kier molecular flexibility index (Phi) is 3.27. The lowest BCUT2D eigenvalue weighted by Gasteiger charge is -2.19. The molecule has 1 aliphatic heterocycles. The molecule has 0 amide bonds. The van der Waals surface area contributed by atoms with Gasteiger partial charge in [-0.3, -0.25) is 9.36 Å². The van der Waals surface area contributed by atoms with Crippen LogP contribution in [0.2, 0.25) is 0 Å². The van der Waals surface area contributed by atoms with E-state index in [2.05, 4.69) is 11.9 Å². The first-order valence-electron chi connectivity index (χ1n) is 6.12. The van der Waals surface area contributed by atoms with Crippen molar-refractivity contribution in [1.82, 2.24) is 9.55 Å². The van der Waals surface area contributed by atoms with Gasteiger partial charge in [-0.15, -0.1) is 0 Å². The monoisotopic (exact) mass is 221 g/mol. The van der Waals surface area contributed by atoms with Crippen LogP contribution < -0.4 is 11.3 Å². The molecule has 16 heavy (non-hydrogen) atoms. The average molecular weight is 221 g/mol. The fraction of sp³-hybridized carbons (Fsp3) is 0.667. The number of anilines is 1. The van der Waals surface area contributed by atoms with Crippen LogP contribution in [0.15, 0.2) is 4.79 Å². The number of rotatable bonds is 3. The minimum absolute atomic E-state index is 0.0932. The number of nitrogens with zero attached hydrogens (tertiary/aromatic N) is 2. The van der Waals surface area contributed by atoms with Gasteiger partial charge in [0.25, 0.3) is 5.56 Å². The molecule has 0 atom stereocenters. The molecule has 0 fully saturated rings. The maximum Gasteiger partial charge on any atom is 0.258 e. The highest BCUT2D eigenvalue weighted by Crippen LogP contribution is 2.14. The molecule has 2 heterocycles. The second-order valence-corrected chi connectivity index (χ2v) is 4.41. The Labute approximate surface area is 95.5 Å². The molecule has 0 bridgehead atoms. The lowest BCUT2D eigenvalue weighted by molar-refractivity contribution is 0.492. The highest BCUT2D eigenvalue weighted by atomic mass is 16.1. The summed E-state index contributed by atoms with van der Waals surface area (Å²) in [5.41, 5.74) is 6.67. The molecule has 0 saturated heterocycles. The van der Waals surface area contributed by atoms with Gasteiger partial charge in [-0.25, -0.2) is 4.98 Å². The Morgan fingerprint density at radius 1 is 1.44 bits per heavy atom. The van der Waals surface area contributed by atoms with Crippen molar-refractivity contribution in [3.63, 3.8) is 0 Å². The highest BCUT2D eigenvalue weighted by molar-refractivity contribution is 5.38. The maximum absolute atomic E-state index is 12.2. The maximum atomic E-state index is 12.2. The minimum Gasteiger partial charge on any atom is -0.383 e. The van der Waals surface area contributed by atoms with Gasteiger partial charge in [-0.2, -0.15) is 0 Å². The van der Waals surface area contributed by atoms with Crippen LogP contribution in [0.25, 0.3) is 0 Å². The highest BCUT2D eigenvalue weighted by Gasteiger charge is 2.16. The largest absolute Gasteiger partial charge is 0.383 e. The summed E-state index contributed by atoms with van der Waals surface area (Å²) in [6.07, 6.45) is 5.90. The quantitative estimate of drug-likeness (QED) is 0.841. The zero-order chi connectivity index (χ0) is 11.5. The number of nitrogens with two attached hydrogens (primary N) is 1. The number of aryl methyl sites for hydroxylation is 1. The lowest BCUT2D eigenvalue weighted by Crippen LogP contribution is -2.32. The Morgan fingerprint density at radius 2 is 2.25 bits per heavy atom. The van der Waals surface area contributed by atoms with Crippen LogP contribution in [0.1, 0.15) is 44.0 Å². The third-order valence-electron chi connectivity index (χ3n) is 3.19. The van der Waals surface area contributed by atoms with Crippen molar-refractivity contribution in [2.75, 3.05) is 5.73 Å². The van der Waals surface area contributed by atoms with E-state index in [1.807, 2.05) is 4.57 Å². The number of hydrogen-bond donors (Lipinski definition) is 1. The Hall–Kier alpha value is -1.32. The van der Waals surface area contributed by atoms with Gasteiger partial charge in [0, 0.05) is 13.0 Å². The first-order valence-corrected chi connectivity index (χ1v) is 6.12. The van der Waals surface area contributed by atoms with Gasteiger partial charge in [0.15, 0.2) is 0 Å². The molecule has 0 unspecified atom stereocenters. The summed E-state index contributed by atoms with van der Waals surface area (Å²) in [4.78, 5) is 16.6. The smallest absolute Gasteiger partial charge is 0.258 e. The van der Waals surface area contributed by atoms with E-state index in [9.17, 15) is 4.79 Å². The molecule has 2 rings (SSSR count). The molecule has 4 nitrogen and oxygen atoms in total. The molecule has 4 heteroatoms. The van der Waals surface area contributed by atoms with Crippen molar-refractivity contribution in [2.24, 2.45) is 0 Å². The zero-order valence-corrected chi connectivity index (χ0v) is 9.83. The third-order valence-corrected chi connectivity index (χ3v) is 3.19. The Balaban J connectivity index is 2.42. The molecule has 0 spiro atoms. The molecule has 1 aromatic heterocycles. The number of unbranched alkanes of at least 4 members (excludes halogenated alkanes) is 1. The van der Waals surface area contributed by atoms with Gasteiger partial charge >= 0.3 is 0 Å². The van der Waals surface area contributed by atoms with Crippen LogP contribution in [0.5, 0.6) is 0 Å². The fourth-order valence-corrected chi connectivity index (χ4v) is 2.22. The predicted octanol–water partition coefficient (Wildman–Crippen LogP) is 1.50. The van der Waals surface area contributed by atoms with Crippen molar-refractivity contribution in [1.29, 1.82) is 0 Å². The molecule has 88 valence electrons. The average Bonchev–Trinajstić information content (AvgIpc) is 2.29. The van der Waals surface area contributed by atoms with Crippen LogP contribution in [0.4, 0.5) is 5.82 Å². The van der Waals surface area contributed by atoms with Gasteiger partial charge in [0.1, 0.15) is 11.6 Å². The molecular formula is C12H19N3O. The standard InChI is InChI=1S/C12H19N3O/c1-2-3-6-9-11(13)14-10-7-4-5-8-15(10)12(9)16/h2-8,13H2,1H3. The van der Waals surface area contributed by atoms with Gasteiger partial charge in [0.05, 0.1) is 5.56 Å². The summed E-state index contributed by atoms with van der Waals surface area (Å²) >= 11 is 0. The van der Waals surface area contributed by atoms with Crippen molar-refractivity contribution >= 4 is 5.82 Å². The second-order valence-electron chi connectivity index (χ2n) is 4.41. The van der Waals surface area contributed by atoms with Crippen molar-refractivity contribution < 1.29 is 0 Å². The normalized spacial score (nSPS) is 14.8. The molecule has 0 aliphatic carbocycles. The Bertz CT molecular complexity index is 437. The van der Waals surface area contributed by atoms with E-state index in [1.54, 1.807) is 0 Å². The van der Waals surface area contributed by atoms with Crippen LogP contribution >= 0.6 is 0 Å². The molecule has 1 aliphatic rings. The van der Waals surface area contributed by atoms with Crippen LogP contribution in [-0.4, -0.2) is 9.55 Å². The molecule has 2 N–H and O–H groups in total. The van der Waals surface area contributed by atoms with E-state index < -0.39 is 0 Å². The minimum atomic E-state index is 0.0932. The fourth-order valence-electron chi connectivity index (χ4n) is 2.22. The van der Waals surface area contributed by atoms with E-state index >= 15 is 0 Å². The first-order chi connectivity index (χ1) is 7.74. The summed E-state index contributed by atoms with van der Waals surface area (Å²) in [5, 5.41) is 0. The number of aromatic nitrogens is 2.